The third-order valence-corrected chi connectivity index (χ3v) is 4.58. The van der Waals surface area contributed by atoms with Crippen LogP contribution in [0.2, 0.25) is 0 Å². The molecule has 0 aromatic carbocycles. The Morgan fingerprint density at radius 2 is 2.13 bits per heavy atom. The van der Waals surface area contributed by atoms with Gasteiger partial charge in [0.15, 0.2) is 12.0 Å². The van der Waals surface area contributed by atoms with Gasteiger partial charge in [0.2, 0.25) is 6.41 Å². The van der Waals surface area contributed by atoms with E-state index in [1.54, 1.807) is 17.1 Å². The van der Waals surface area contributed by atoms with Gasteiger partial charge < -0.3 is 19.5 Å². The van der Waals surface area contributed by atoms with Crippen LogP contribution in [0, 0.1) is 0 Å². The number of carbonyl (C=O) groups is 2. The molecule has 0 aromatic heterocycles. The molecule has 2 unspecified atom stereocenters. The van der Waals surface area contributed by atoms with Crippen LogP contribution in [0.15, 0.2) is 34.9 Å². The maximum atomic E-state index is 12.9. The Hall–Kier alpha value is -2.28. The molecule has 2 amide bonds. The predicted molar refractivity (Wildman–Crippen MR) is 80.5 cm³/mol. The Balaban J connectivity index is 2.14. The Kier molecular flexibility index (Phi) is 4.12. The fourth-order valence-electron chi connectivity index (χ4n) is 3.41. The van der Waals surface area contributed by atoms with Crippen molar-refractivity contribution in [2.75, 3.05) is 20.8 Å². The number of aliphatic hydroxyl groups is 1. The van der Waals surface area contributed by atoms with E-state index in [2.05, 4.69) is 0 Å². The van der Waals surface area contributed by atoms with Crippen LogP contribution in [0.4, 0.5) is 0 Å². The molecule has 3 rings (SSSR count). The molecule has 2 aliphatic heterocycles. The van der Waals surface area contributed by atoms with E-state index in [1.165, 1.54) is 19.1 Å². The summed E-state index contributed by atoms with van der Waals surface area (Å²) >= 11 is 0. The van der Waals surface area contributed by atoms with Gasteiger partial charge in [-0.15, -0.1) is 0 Å². The summed E-state index contributed by atoms with van der Waals surface area (Å²) in [7, 11) is 3.03. The molecular formula is C16H20N2O5. The molecule has 7 heteroatoms. The molecule has 2 atom stereocenters. The van der Waals surface area contributed by atoms with Crippen LogP contribution in [0.1, 0.15) is 19.3 Å². The second-order valence-corrected chi connectivity index (χ2v) is 5.68. The van der Waals surface area contributed by atoms with E-state index in [-0.39, 0.29) is 11.9 Å². The van der Waals surface area contributed by atoms with Crippen LogP contribution in [-0.2, 0) is 19.1 Å². The average Bonchev–Trinajstić information content (AvgIpc) is 2.95. The topological polar surface area (TPSA) is 79.3 Å². The van der Waals surface area contributed by atoms with Crippen molar-refractivity contribution in [1.82, 2.24) is 9.80 Å². The number of aliphatic hydroxyl groups excluding tert-OH is 1. The fourth-order valence-corrected chi connectivity index (χ4v) is 3.41. The highest BCUT2D eigenvalue weighted by Crippen LogP contribution is 2.35. The molecule has 0 radical (unpaired) electrons. The van der Waals surface area contributed by atoms with Crippen molar-refractivity contribution in [2.24, 2.45) is 0 Å². The maximum Gasteiger partial charge on any atom is 0.256 e. The van der Waals surface area contributed by atoms with Crippen LogP contribution in [0.25, 0.3) is 0 Å². The lowest BCUT2D eigenvalue weighted by molar-refractivity contribution is -0.134. The first kappa shape index (κ1) is 15.6. The Morgan fingerprint density at radius 3 is 2.78 bits per heavy atom. The Morgan fingerprint density at radius 1 is 1.35 bits per heavy atom. The second kappa shape index (κ2) is 6.08. The molecule has 0 aromatic rings. The second-order valence-electron chi connectivity index (χ2n) is 5.68. The number of rotatable bonds is 3. The van der Waals surface area contributed by atoms with E-state index in [1.807, 2.05) is 0 Å². The molecular weight excluding hydrogens is 300 g/mol. The van der Waals surface area contributed by atoms with Gasteiger partial charge in [0.1, 0.15) is 5.76 Å². The minimum atomic E-state index is -1.05. The SMILES string of the molecule is COC1=C(OC)CC=C2C(=C1)C(=O)N1CCCC1C(O)N2C=O. The first-order valence-electron chi connectivity index (χ1n) is 7.58. The number of hydrogen-bond acceptors (Lipinski definition) is 5. The van der Waals surface area contributed by atoms with Crippen molar-refractivity contribution in [1.29, 1.82) is 0 Å². The third-order valence-electron chi connectivity index (χ3n) is 4.58. The van der Waals surface area contributed by atoms with Crippen molar-refractivity contribution in [3.05, 3.63) is 34.9 Å². The summed E-state index contributed by atoms with van der Waals surface area (Å²) in [5.74, 6) is 0.806. The minimum Gasteiger partial charge on any atom is -0.497 e. The first-order valence-corrected chi connectivity index (χ1v) is 7.58. The predicted octanol–water partition coefficient (Wildman–Crippen LogP) is 0.486. The number of ether oxygens (including phenoxy) is 2. The number of nitrogens with zero attached hydrogens (tertiary/aromatic N) is 2. The lowest BCUT2D eigenvalue weighted by Crippen LogP contribution is -2.46. The fraction of sp³-hybridized carbons (Fsp3) is 0.500. The van der Waals surface area contributed by atoms with E-state index in [0.29, 0.717) is 48.6 Å². The van der Waals surface area contributed by atoms with Gasteiger partial charge in [-0.1, -0.05) is 6.08 Å². The molecule has 124 valence electrons. The van der Waals surface area contributed by atoms with Gasteiger partial charge in [-0.25, -0.2) is 0 Å². The lowest BCUT2D eigenvalue weighted by atomic mass is 10.1. The van der Waals surface area contributed by atoms with Crippen molar-refractivity contribution >= 4 is 12.3 Å². The van der Waals surface area contributed by atoms with Gasteiger partial charge in [-0.05, 0) is 18.9 Å². The summed E-state index contributed by atoms with van der Waals surface area (Å²) in [6, 6.07) is -0.377. The summed E-state index contributed by atoms with van der Waals surface area (Å²) in [5.41, 5.74) is 0.734. The van der Waals surface area contributed by atoms with E-state index < -0.39 is 6.23 Å². The lowest BCUT2D eigenvalue weighted by Gasteiger charge is -2.29. The van der Waals surface area contributed by atoms with Crippen LogP contribution in [0.3, 0.4) is 0 Å². The molecule has 1 N–H and O–H groups in total. The summed E-state index contributed by atoms with van der Waals surface area (Å²) in [6.07, 6.45) is 4.68. The third kappa shape index (κ3) is 2.41. The van der Waals surface area contributed by atoms with Crippen LogP contribution in [-0.4, -0.2) is 60.3 Å². The van der Waals surface area contributed by atoms with Crippen LogP contribution in [0.5, 0.6) is 0 Å². The summed E-state index contributed by atoms with van der Waals surface area (Å²) < 4.78 is 10.6. The van der Waals surface area contributed by atoms with Gasteiger partial charge in [-0.2, -0.15) is 0 Å². The van der Waals surface area contributed by atoms with Gasteiger partial charge in [-0.3, -0.25) is 14.5 Å². The molecule has 2 fully saturated rings. The molecule has 2 heterocycles. The first-order chi connectivity index (χ1) is 11.1. The zero-order valence-electron chi connectivity index (χ0n) is 13.2. The van der Waals surface area contributed by atoms with Gasteiger partial charge >= 0.3 is 0 Å². The van der Waals surface area contributed by atoms with Crippen LogP contribution >= 0.6 is 0 Å². The Labute approximate surface area is 134 Å². The standard InChI is InChI=1S/C16H20N2O5/c1-22-13-6-5-11-10(8-14(13)23-2)15(20)17-7-3-4-12(17)16(21)18(11)9-19/h5,8-9,12,16,21H,3-4,6-7H2,1-2H3. The number of methoxy groups -OCH3 is 2. The van der Waals surface area contributed by atoms with Crippen LogP contribution < -0.4 is 0 Å². The summed E-state index contributed by atoms with van der Waals surface area (Å²) in [4.78, 5) is 27.4. The number of amides is 2. The highest BCUT2D eigenvalue weighted by Gasteiger charge is 2.44. The largest absolute Gasteiger partial charge is 0.497 e. The smallest absolute Gasteiger partial charge is 0.256 e. The quantitative estimate of drug-likeness (QED) is 0.766. The highest BCUT2D eigenvalue weighted by atomic mass is 16.5. The number of hydrogen-bond donors (Lipinski definition) is 1. The van der Waals surface area contributed by atoms with E-state index in [4.69, 9.17) is 9.47 Å². The molecule has 2 saturated heterocycles. The highest BCUT2D eigenvalue weighted by molar-refractivity contribution is 5.99. The average molecular weight is 320 g/mol. The van der Waals surface area contributed by atoms with E-state index in [0.717, 1.165) is 6.42 Å². The molecule has 7 nitrogen and oxygen atoms in total. The number of allylic oxidation sites excluding steroid dienone is 2. The Bertz CT molecular complexity index is 622. The number of fused-ring (bicyclic) bond motifs is 2. The van der Waals surface area contributed by atoms with E-state index >= 15 is 0 Å². The summed E-state index contributed by atoms with van der Waals surface area (Å²) in [6.45, 7) is 0.570. The van der Waals surface area contributed by atoms with Gasteiger partial charge in [0.25, 0.3) is 5.91 Å². The molecule has 1 aliphatic carbocycles. The maximum absolute atomic E-state index is 12.9. The molecule has 3 aliphatic rings. The zero-order chi connectivity index (χ0) is 16.6. The van der Waals surface area contributed by atoms with Crippen molar-refractivity contribution in [2.45, 2.75) is 31.5 Å². The molecule has 0 saturated carbocycles. The van der Waals surface area contributed by atoms with Crippen molar-refractivity contribution in [3.63, 3.8) is 0 Å². The van der Waals surface area contributed by atoms with Gasteiger partial charge in [0.05, 0.1) is 31.5 Å². The summed E-state index contributed by atoms with van der Waals surface area (Å²) in [5, 5.41) is 10.6. The molecule has 0 spiro atoms. The normalized spacial score (nSPS) is 27.5. The zero-order valence-corrected chi connectivity index (χ0v) is 13.2. The van der Waals surface area contributed by atoms with Crippen molar-refractivity contribution in [3.8, 4) is 0 Å². The van der Waals surface area contributed by atoms with Crippen molar-refractivity contribution < 1.29 is 24.2 Å². The molecule has 23 heavy (non-hydrogen) atoms. The monoisotopic (exact) mass is 320 g/mol. The number of carbonyl (C=O) groups excluding carboxylic acids is 2. The van der Waals surface area contributed by atoms with E-state index in [9.17, 15) is 14.7 Å². The minimum absolute atomic E-state index is 0.200. The molecule has 0 bridgehead atoms. The van der Waals surface area contributed by atoms with Gasteiger partial charge in [0, 0.05) is 13.0 Å².